The van der Waals surface area contributed by atoms with E-state index < -0.39 is 42.1 Å². The molecule has 2 amide bonds. The molecule has 3 aromatic rings. The monoisotopic (exact) mass is 465 g/mol. The van der Waals surface area contributed by atoms with E-state index in [1.165, 1.54) is 13.8 Å². The maximum atomic E-state index is 13.1. The molecule has 0 bridgehead atoms. The van der Waals surface area contributed by atoms with Crippen molar-refractivity contribution in [1.82, 2.24) is 14.8 Å². The van der Waals surface area contributed by atoms with Crippen LogP contribution in [0.5, 0.6) is 0 Å². The van der Waals surface area contributed by atoms with Crippen LogP contribution in [0.25, 0.3) is 10.2 Å². The van der Waals surface area contributed by atoms with E-state index >= 15 is 0 Å². The highest BCUT2D eigenvalue weighted by Crippen LogP contribution is 2.39. The lowest BCUT2D eigenvalue weighted by molar-refractivity contribution is -0.144. The predicted molar refractivity (Wildman–Crippen MR) is 98.5 cm³/mol. The van der Waals surface area contributed by atoms with E-state index in [2.05, 4.69) is 15.4 Å². The average molecular weight is 465 g/mol. The van der Waals surface area contributed by atoms with Crippen LogP contribution in [0.1, 0.15) is 32.3 Å². The lowest BCUT2D eigenvalue weighted by Gasteiger charge is -2.12. The largest absolute Gasteiger partial charge is 0.433 e. The van der Waals surface area contributed by atoms with Gasteiger partial charge in [0.2, 0.25) is 5.91 Å². The van der Waals surface area contributed by atoms with Crippen molar-refractivity contribution in [2.45, 2.75) is 32.7 Å². The smallest absolute Gasteiger partial charge is 0.365 e. The molecule has 0 aliphatic heterocycles. The van der Waals surface area contributed by atoms with E-state index in [9.17, 15) is 35.9 Å². The van der Waals surface area contributed by atoms with Gasteiger partial charge in [-0.1, -0.05) is 0 Å². The van der Waals surface area contributed by atoms with Crippen LogP contribution in [0.2, 0.25) is 0 Å². The quantitative estimate of drug-likeness (QED) is 0.571. The minimum atomic E-state index is -4.76. The molecule has 0 unspecified atom stereocenters. The summed E-state index contributed by atoms with van der Waals surface area (Å²) in [5, 5.41) is 5.94. The molecule has 3 heterocycles. The number of nitrogens with two attached hydrogens (primary N) is 1. The van der Waals surface area contributed by atoms with Crippen molar-refractivity contribution in [3.05, 3.63) is 39.7 Å². The third-order valence-corrected chi connectivity index (χ3v) is 5.22. The molecule has 0 saturated heterocycles. The van der Waals surface area contributed by atoms with Gasteiger partial charge >= 0.3 is 12.4 Å². The molecule has 0 saturated carbocycles. The van der Waals surface area contributed by atoms with Crippen molar-refractivity contribution in [1.29, 1.82) is 0 Å². The Morgan fingerprint density at radius 3 is 2.32 bits per heavy atom. The number of aromatic nitrogens is 3. The zero-order valence-corrected chi connectivity index (χ0v) is 16.6. The number of nitrogens with zero attached hydrogens (tertiary/aromatic N) is 3. The van der Waals surface area contributed by atoms with Crippen molar-refractivity contribution < 1.29 is 35.9 Å². The van der Waals surface area contributed by atoms with E-state index in [-0.39, 0.29) is 32.0 Å². The molecule has 3 N–H and O–H groups in total. The summed E-state index contributed by atoms with van der Waals surface area (Å²) in [6.45, 7) is 1.77. The molecular formula is C17H13F6N5O2S. The summed E-state index contributed by atoms with van der Waals surface area (Å²) in [5.74, 6) is -2.03. The summed E-state index contributed by atoms with van der Waals surface area (Å²) in [7, 11) is 0. The number of hydrogen-bond donors (Lipinski definition) is 2. The Morgan fingerprint density at radius 1 is 1.13 bits per heavy atom. The number of primary amides is 1. The lowest BCUT2D eigenvalue weighted by Crippen LogP contribution is -2.24. The Kier molecular flexibility index (Phi) is 5.46. The second kappa shape index (κ2) is 7.51. The van der Waals surface area contributed by atoms with Gasteiger partial charge in [-0.2, -0.15) is 31.4 Å². The molecule has 0 aliphatic carbocycles. The normalized spacial score (nSPS) is 12.4. The van der Waals surface area contributed by atoms with E-state index in [0.717, 1.165) is 12.1 Å². The fourth-order valence-corrected chi connectivity index (χ4v) is 3.99. The molecule has 0 radical (unpaired) electrons. The highest BCUT2D eigenvalue weighted by atomic mass is 32.1. The molecule has 166 valence electrons. The zero-order chi connectivity index (χ0) is 23.3. The second-order valence-corrected chi connectivity index (χ2v) is 7.55. The first-order chi connectivity index (χ1) is 14.2. The molecule has 31 heavy (non-hydrogen) atoms. The number of thiophene rings is 1. The highest BCUT2D eigenvalue weighted by Gasteiger charge is 2.36. The Hall–Kier alpha value is -3.16. The molecule has 0 aromatic carbocycles. The fraction of sp³-hybridized carbons (Fsp3) is 0.294. The lowest BCUT2D eigenvalue weighted by atomic mass is 10.1. The standard InChI is InChI=1S/C17H13F6N5O2S/c1-6-3-8(16(18,19)20)25-15-11(6)12(13(31-15)14(24)30)26-10(29)5-28-9(17(21,22)23)4-7(2)27-28/h3-4H,5H2,1-2H3,(H2,24,30)(H,26,29). The third-order valence-electron chi connectivity index (χ3n) is 4.12. The summed E-state index contributed by atoms with van der Waals surface area (Å²) in [6, 6.07) is 1.49. The van der Waals surface area contributed by atoms with Gasteiger partial charge in [0, 0.05) is 5.39 Å². The van der Waals surface area contributed by atoms with Crippen molar-refractivity contribution in [2.75, 3.05) is 5.32 Å². The van der Waals surface area contributed by atoms with Gasteiger partial charge in [-0.05, 0) is 31.5 Å². The minimum Gasteiger partial charge on any atom is -0.365 e. The summed E-state index contributed by atoms with van der Waals surface area (Å²) in [6.07, 6.45) is -9.51. The van der Waals surface area contributed by atoms with Gasteiger partial charge in [-0.25, -0.2) is 4.98 Å². The summed E-state index contributed by atoms with van der Waals surface area (Å²) < 4.78 is 78.8. The van der Waals surface area contributed by atoms with Crippen molar-refractivity contribution in [3.8, 4) is 0 Å². The van der Waals surface area contributed by atoms with Crippen LogP contribution in [-0.2, 0) is 23.7 Å². The SMILES string of the molecule is Cc1cc(C(F)(F)F)n(CC(=O)Nc2c(C(N)=O)sc3nc(C(F)(F)F)cc(C)c23)n1. The average Bonchev–Trinajstić information content (AvgIpc) is 3.14. The second-order valence-electron chi connectivity index (χ2n) is 6.55. The number of rotatable bonds is 4. The minimum absolute atomic E-state index is 0.0265. The molecule has 0 fully saturated rings. The maximum Gasteiger partial charge on any atom is 0.433 e. The van der Waals surface area contributed by atoms with Gasteiger partial charge in [0.15, 0.2) is 0 Å². The molecule has 3 rings (SSSR count). The van der Waals surface area contributed by atoms with Crippen LogP contribution in [0, 0.1) is 13.8 Å². The number of amides is 2. The van der Waals surface area contributed by atoms with Crippen LogP contribution in [0.4, 0.5) is 32.0 Å². The number of hydrogen-bond acceptors (Lipinski definition) is 5. The van der Waals surface area contributed by atoms with E-state index in [1.54, 1.807) is 0 Å². The number of carbonyl (C=O) groups is 2. The van der Waals surface area contributed by atoms with E-state index in [1.807, 2.05) is 0 Å². The van der Waals surface area contributed by atoms with Crippen LogP contribution < -0.4 is 11.1 Å². The van der Waals surface area contributed by atoms with Crippen LogP contribution in [-0.4, -0.2) is 26.6 Å². The van der Waals surface area contributed by atoms with Gasteiger partial charge in [-0.3, -0.25) is 14.3 Å². The Morgan fingerprint density at radius 2 is 1.77 bits per heavy atom. The topological polar surface area (TPSA) is 103 Å². The number of alkyl halides is 6. The number of halogens is 6. The van der Waals surface area contributed by atoms with Gasteiger partial charge in [0.1, 0.15) is 27.6 Å². The molecule has 3 aromatic heterocycles. The molecule has 7 nitrogen and oxygen atoms in total. The summed E-state index contributed by atoms with van der Waals surface area (Å²) in [4.78, 5) is 27.2. The molecule has 0 atom stereocenters. The number of carbonyl (C=O) groups excluding carboxylic acids is 2. The van der Waals surface area contributed by atoms with Crippen molar-refractivity contribution in [3.63, 3.8) is 0 Å². The number of anilines is 1. The van der Waals surface area contributed by atoms with Gasteiger partial charge in [0.05, 0.1) is 11.4 Å². The number of aryl methyl sites for hydroxylation is 2. The zero-order valence-electron chi connectivity index (χ0n) is 15.8. The van der Waals surface area contributed by atoms with Crippen molar-refractivity contribution >= 4 is 39.1 Å². The van der Waals surface area contributed by atoms with E-state index in [0.29, 0.717) is 16.0 Å². The first-order valence-corrected chi connectivity index (χ1v) is 9.22. The first-order valence-electron chi connectivity index (χ1n) is 8.41. The van der Waals surface area contributed by atoms with Crippen LogP contribution >= 0.6 is 11.3 Å². The maximum absolute atomic E-state index is 13.1. The van der Waals surface area contributed by atoms with Gasteiger partial charge in [0.25, 0.3) is 5.91 Å². The molecule has 0 aliphatic rings. The highest BCUT2D eigenvalue weighted by molar-refractivity contribution is 7.21. The van der Waals surface area contributed by atoms with Gasteiger partial charge in [-0.15, -0.1) is 11.3 Å². The van der Waals surface area contributed by atoms with E-state index in [4.69, 9.17) is 5.73 Å². The number of pyridine rings is 1. The Labute approximate surface area is 173 Å². The Bertz CT molecular complexity index is 1190. The molecule has 14 heteroatoms. The number of fused-ring (bicyclic) bond motifs is 1. The van der Waals surface area contributed by atoms with Gasteiger partial charge < -0.3 is 11.1 Å². The summed E-state index contributed by atoms with van der Waals surface area (Å²) >= 11 is 0.533. The molecular weight excluding hydrogens is 452 g/mol. The fourth-order valence-electron chi connectivity index (χ4n) is 2.93. The number of nitrogens with one attached hydrogen (secondary N) is 1. The third kappa shape index (κ3) is 4.47. The summed E-state index contributed by atoms with van der Waals surface area (Å²) in [5.41, 5.74) is 2.77. The Balaban J connectivity index is 2.02. The molecule has 0 spiro atoms. The van der Waals surface area contributed by atoms with Crippen LogP contribution in [0.3, 0.4) is 0 Å². The first kappa shape index (κ1) is 22.5. The van der Waals surface area contributed by atoms with Crippen LogP contribution in [0.15, 0.2) is 12.1 Å². The van der Waals surface area contributed by atoms with Crippen molar-refractivity contribution in [2.24, 2.45) is 5.73 Å². The predicted octanol–water partition coefficient (Wildman–Crippen LogP) is 3.88.